The molecule has 0 spiro atoms. The Morgan fingerprint density at radius 3 is 2.57 bits per heavy atom. The summed E-state index contributed by atoms with van der Waals surface area (Å²) in [5.41, 5.74) is 2.41. The van der Waals surface area contributed by atoms with Gasteiger partial charge in [0.25, 0.3) is 5.91 Å². The minimum absolute atomic E-state index is 0.171. The van der Waals surface area contributed by atoms with Gasteiger partial charge in [-0.3, -0.25) is 10.1 Å². The Hall–Kier alpha value is -2.92. The second-order valence-electron chi connectivity index (χ2n) is 5.00. The Balaban J connectivity index is 1.54. The molecule has 23 heavy (non-hydrogen) atoms. The van der Waals surface area contributed by atoms with E-state index in [1.165, 1.54) is 11.3 Å². The van der Waals surface area contributed by atoms with Gasteiger partial charge in [-0.1, -0.05) is 35.6 Å². The molecule has 0 aliphatic heterocycles. The van der Waals surface area contributed by atoms with Crippen LogP contribution in [0.5, 0.6) is 0 Å². The molecule has 0 fully saturated rings. The molecule has 4 nitrogen and oxygen atoms in total. The number of furan rings is 1. The number of aromatic nitrogens is 1. The lowest BCUT2D eigenvalue weighted by atomic mass is 10.1. The zero-order valence-corrected chi connectivity index (χ0v) is 12.8. The van der Waals surface area contributed by atoms with E-state index < -0.39 is 0 Å². The van der Waals surface area contributed by atoms with Gasteiger partial charge >= 0.3 is 0 Å². The predicted molar refractivity (Wildman–Crippen MR) is 91.7 cm³/mol. The van der Waals surface area contributed by atoms with Crippen LogP contribution >= 0.6 is 11.3 Å². The van der Waals surface area contributed by atoms with Crippen LogP contribution < -0.4 is 5.32 Å². The smallest absolute Gasteiger partial charge is 0.257 e. The van der Waals surface area contributed by atoms with E-state index in [2.05, 4.69) is 10.3 Å². The molecule has 0 bridgehead atoms. The Kier molecular flexibility index (Phi) is 3.40. The molecule has 112 valence electrons. The van der Waals surface area contributed by atoms with Crippen LogP contribution in [0.4, 0.5) is 5.13 Å². The monoisotopic (exact) mass is 320 g/mol. The van der Waals surface area contributed by atoms with E-state index in [0.717, 1.165) is 21.5 Å². The summed E-state index contributed by atoms with van der Waals surface area (Å²) in [6, 6.07) is 18.8. The van der Waals surface area contributed by atoms with Crippen molar-refractivity contribution < 1.29 is 9.21 Å². The van der Waals surface area contributed by atoms with E-state index in [9.17, 15) is 4.79 Å². The third kappa shape index (κ3) is 2.74. The number of fused-ring (bicyclic) bond motifs is 1. The van der Waals surface area contributed by atoms with Crippen LogP contribution in [0.2, 0.25) is 0 Å². The first-order valence-electron chi connectivity index (χ1n) is 7.10. The number of amides is 1. The number of carbonyl (C=O) groups excluding carboxylic acids is 1. The number of rotatable bonds is 3. The van der Waals surface area contributed by atoms with E-state index in [1.807, 2.05) is 48.5 Å². The van der Waals surface area contributed by atoms with E-state index in [4.69, 9.17) is 4.42 Å². The number of anilines is 1. The van der Waals surface area contributed by atoms with Crippen LogP contribution in [0.15, 0.2) is 71.3 Å². The molecule has 0 radical (unpaired) electrons. The lowest BCUT2D eigenvalue weighted by molar-refractivity contribution is 0.102. The van der Waals surface area contributed by atoms with Crippen LogP contribution in [0.1, 0.15) is 10.4 Å². The first kappa shape index (κ1) is 13.7. The lowest BCUT2D eigenvalue weighted by Crippen LogP contribution is -2.11. The Bertz CT molecular complexity index is 923. The summed E-state index contributed by atoms with van der Waals surface area (Å²) in [5.74, 6) is 0.609. The van der Waals surface area contributed by atoms with E-state index >= 15 is 0 Å². The number of hydrogen-bond donors (Lipinski definition) is 1. The fraction of sp³-hybridized carbons (Fsp3) is 0. The van der Waals surface area contributed by atoms with Crippen LogP contribution in [0.25, 0.3) is 21.5 Å². The molecule has 0 aliphatic carbocycles. The van der Waals surface area contributed by atoms with E-state index in [-0.39, 0.29) is 5.91 Å². The molecule has 1 amide bonds. The Morgan fingerprint density at radius 1 is 1.00 bits per heavy atom. The molecule has 0 unspecified atom stereocenters. The highest BCUT2D eigenvalue weighted by Crippen LogP contribution is 2.26. The zero-order valence-electron chi connectivity index (χ0n) is 12.0. The van der Waals surface area contributed by atoms with Gasteiger partial charge in [0.2, 0.25) is 0 Å². The summed E-state index contributed by atoms with van der Waals surface area (Å²) in [7, 11) is 0. The van der Waals surface area contributed by atoms with Crippen LogP contribution in [0, 0.1) is 0 Å². The van der Waals surface area contributed by atoms with Gasteiger partial charge in [-0.25, -0.2) is 4.98 Å². The number of nitrogens with zero attached hydrogens (tertiary/aromatic N) is 1. The van der Waals surface area contributed by atoms with Crippen LogP contribution in [-0.4, -0.2) is 10.9 Å². The van der Waals surface area contributed by atoms with Gasteiger partial charge in [0, 0.05) is 11.1 Å². The predicted octanol–water partition coefficient (Wildman–Crippen LogP) is 4.81. The molecule has 0 saturated carbocycles. The third-order valence-corrected chi connectivity index (χ3v) is 4.42. The molecule has 5 heteroatoms. The maximum absolute atomic E-state index is 12.3. The molecule has 2 aromatic carbocycles. The summed E-state index contributed by atoms with van der Waals surface area (Å²) in [6.07, 6.45) is 1.63. The van der Waals surface area contributed by atoms with E-state index in [0.29, 0.717) is 10.7 Å². The highest BCUT2D eigenvalue weighted by Gasteiger charge is 2.10. The second-order valence-corrected chi connectivity index (χ2v) is 6.03. The molecule has 2 aromatic heterocycles. The molecule has 4 aromatic rings. The minimum atomic E-state index is -0.171. The summed E-state index contributed by atoms with van der Waals surface area (Å²) < 4.78 is 6.39. The lowest BCUT2D eigenvalue weighted by Gasteiger charge is -2.02. The van der Waals surface area contributed by atoms with Crippen molar-refractivity contribution in [3.63, 3.8) is 0 Å². The molecule has 0 saturated heterocycles. The SMILES string of the molecule is O=C(Nc1nc2ccccc2s1)c1ccc(-c2ccco2)cc1. The molecule has 1 N–H and O–H groups in total. The van der Waals surface area contributed by atoms with Crippen molar-refractivity contribution in [2.24, 2.45) is 0 Å². The highest BCUT2D eigenvalue weighted by molar-refractivity contribution is 7.22. The number of nitrogens with one attached hydrogen (secondary N) is 1. The average molecular weight is 320 g/mol. The molecular weight excluding hydrogens is 308 g/mol. The topological polar surface area (TPSA) is 55.1 Å². The van der Waals surface area contributed by atoms with Gasteiger partial charge in [0.1, 0.15) is 5.76 Å². The number of thiazole rings is 1. The number of hydrogen-bond acceptors (Lipinski definition) is 4. The molecule has 2 heterocycles. The minimum Gasteiger partial charge on any atom is -0.464 e. The second kappa shape index (κ2) is 5.70. The number of carbonyl (C=O) groups is 1. The van der Waals surface area contributed by atoms with Crippen molar-refractivity contribution in [3.05, 3.63) is 72.5 Å². The largest absolute Gasteiger partial charge is 0.464 e. The fourth-order valence-corrected chi connectivity index (χ4v) is 3.18. The Labute approximate surface area is 136 Å². The molecule has 0 aliphatic rings. The quantitative estimate of drug-likeness (QED) is 0.589. The maximum Gasteiger partial charge on any atom is 0.257 e. The summed E-state index contributed by atoms with van der Waals surface area (Å²) in [4.78, 5) is 16.7. The summed E-state index contributed by atoms with van der Waals surface area (Å²) in [6.45, 7) is 0. The van der Waals surface area contributed by atoms with Crippen molar-refractivity contribution in [1.29, 1.82) is 0 Å². The van der Waals surface area contributed by atoms with Gasteiger partial charge in [-0.2, -0.15) is 0 Å². The Morgan fingerprint density at radius 2 is 1.83 bits per heavy atom. The highest BCUT2D eigenvalue weighted by atomic mass is 32.1. The maximum atomic E-state index is 12.3. The van der Waals surface area contributed by atoms with Gasteiger partial charge in [-0.05, 0) is 36.4 Å². The van der Waals surface area contributed by atoms with E-state index in [1.54, 1.807) is 18.4 Å². The molecule has 0 atom stereocenters. The fourth-order valence-electron chi connectivity index (χ4n) is 2.32. The molecule has 4 rings (SSSR count). The van der Waals surface area contributed by atoms with Crippen LogP contribution in [-0.2, 0) is 0 Å². The van der Waals surface area contributed by atoms with Crippen molar-refractivity contribution >= 4 is 32.6 Å². The summed E-state index contributed by atoms with van der Waals surface area (Å²) in [5, 5.41) is 3.45. The average Bonchev–Trinajstić information content (AvgIpc) is 3.24. The third-order valence-electron chi connectivity index (χ3n) is 3.47. The number of benzene rings is 2. The van der Waals surface area contributed by atoms with Gasteiger partial charge in [-0.15, -0.1) is 0 Å². The van der Waals surface area contributed by atoms with Gasteiger partial charge < -0.3 is 4.42 Å². The van der Waals surface area contributed by atoms with Crippen molar-refractivity contribution in [2.45, 2.75) is 0 Å². The summed E-state index contributed by atoms with van der Waals surface area (Å²) >= 11 is 1.46. The molecular formula is C18H12N2O2S. The van der Waals surface area contributed by atoms with Crippen molar-refractivity contribution in [1.82, 2.24) is 4.98 Å². The zero-order chi connectivity index (χ0) is 15.6. The normalized spacial score (nSPS) is 10.8. The van der Waals surface area contributed by atoms with Crippen LogP contribution in [0.3, 0.4) is 0 Å². The van der Waals surface area contributed by atoms with Gasteiger partial charge in [0.15, 0.2) is 5.13 Å². The van der Waals surface area contributed by atoms with Gasteiger partial charge in [0.05, 0.1) is 16.5 Å². The standard InChI is InChI=1S/C18H12N2O2S/c21-17(20-18-19-14-4-1-2-6-16(14)23-18)13-9-7-12(8-10-13)15-5-3-11-22-15/h1-11H,(H,19,20,21). The number of para-hydroxylation sites is 1. The van der Waals surface area contributed by atoms with Crippen molar-refractivity contribution in [3.8, 4) is 11.3 Å². The first-order chi connectivity index (χ1) is 11.3. The first-order valence-corrected chi connectivity index (χ1v) is 7.92. The van der Waals surface area contributed by atoms with Crippen molar-refractivity contribution in [2.75, 3.05) is 5.32 Å².